The molecule has 148 valence electrons. The predicted molar refractivity (Wildman–Crippen MR) is 100 cm³/mol. The smallest absolute Gasteiger partial charge is 0.329 e. The average Bonchev–Trinajstić information content (AvgIpc) is 2.63. The predicted octanol–water partition coefficient (Wildman–Crippen LogP) is -0.237. The summed E-state index contributed by atoms with van der Waals surface area (Å²) in [6.07, 6.45) is 0.285. The van der Waals surface area contributed by atoms with Gasteiger partial charge < -0.3 is 5.32 Å². The third kappa shape index (κ3) is 3.45. The number of hydrogen-bond acceptors (Lipinski definition) is 6. The van der Waals surface area contributed by atoms with Gasteiger partial charge in [0.05, 0.1) is 10.9 Å². The number of nitrogens with zero attached hydrogens (tertiary/aromatic N) is 2. The van der Waals surface area contributed by atoms with Gasteiger partial charge in [0.15, 0.2) is 5.65 Å². The fraction of sp³-hybridized carbons (Fsp3) is 0.444. The lowest BCUT2D eigenvalue weighted by atomic mass is 10.0. The topological polar surface area (TPSA) is 143 Å². The molecule has 10 heteroatoms. The van der Waals surface area contributed by atoms with Crippen molar-refractivity contribution < 1.29 is 14.4 Å². The van der Waals surface area contributed by atoms with Crippen molar-refractivity contribution in [2.24, 2.45) is 0 Å². The molecule has 2 aromatic heterocycles. The molecule has 0 aliphatic carbocycles. The largest absolute Gasteiger partial charge is 0.340 e. The number of hydrogen-bond donors (Lipinski definition) is 3. The van der Waals surface area contributed by atoms with Crippen LogP contribution < -0.4 is 21.9 Å². The number of imide groups is 1. The molecule has 0 radical (unpaired) electrons. The monoisotopic (exact) mass is 387 g/mol. The van der Waals surface area contributed by atoms with E-state index in [1.807, 2.05) is 13.8 Å². The number of nitrogens with one attached hydrogen (secondary N) is 3. The van der Waals surface area contributed by atoms with Crippen molar-refractivity contribution in [3.8, 4) is 0 Å². The van der Waals surface area contributed by atoms with Crippen molar-refractivity contribution in [3.05, 3.63) is 38.2 Å². The van der Waals surface area contributed by atoms with Gasteiger partial charge in [0.1, 0.15) is 6.04 Å². The quantitative estimate of drug-likeness (QED) is 0.618. The molecule has 3 heterocycles. The maximum atomic E-state index is 12.9. The second-order valence-electron chi connectivity index (χ2n) is 6.93. The summed E-state index contributed by atoms with van der Waals surface area (Å²) in [7, 11) is 0. The van der Waals surface area contributed by atoms with E-state index in [0.29, 0.717) is 5.69 Å². The van der Waals surface area contributed by atoms with Crippen molar-refractivity contribution >= 4 is 28.8 Å². The lowest BCUT2D eigenvalue weighted by Crippen LogP contribution is -2.52. The molecular weight excluding hydrogens is 366 g/mol. The number of rotatable bonds is 4. The Morgan fingerprint density at radius 2 is 2.04 bits per heavy atom. The molecule has 3 N–H and O–H groups in total. The van der Waals surface area contributed by atoms with Crippen molar-refractivity contribution in [1.82, 2.24) is 25.2 Å². The molecular formula is C18H21N5O5. The van der Waals surface area contributed by atoms with Crippen molar-refractivity contribution in [3.63, 3.8) is 0 Å². The second kappa shape index (κ2) is 7.37. The molecule has 10 nitrogen and oxygen atoms in total. The van der Waals surface area contributed by atoms with Crippen LogP contribution >= 0.6 is 0 Å². The molecule has 2 aromatic rings. The number of fused-ring (bicyclic) bond motifs is 1. The summed E-state index contributed by atoms with van der Waals surface area (Å²) in [5.41, 5.74) is -0.642. The lowest BCUT2D eigenvalue weighted by molar-refractivity contribution is -0.134. The van der Waals surface area contributed by atoms with Gasteiger partial charge in [0.2, 0.25) is 11.8 Å². The van der Waals surface area contributed by atoms with Gasteiger partial charge in [0, 0.05) is 18.7 Å². The summed E-state index contributed by atoms with van der Waals surface area (Å²) in [5, 5.41) is 4.73. The van der Waals surface area contributed by atoms with E-state index in [-0.39, 0.29) is 41.9 Å². The minimum Gasteiger partial charge on any atom is -0.340 e. The minimum absolute atomic E-state index is 0.0179. The highest BCUT2D eigenvalue weighted by Crippen LogP contribution is 2.20. The van der Waals surface area contributed by atoms with Crippen molar-refractivity contribution in [2.45, 2.75) is 52.1 Å². The zero-order valence-electron chi connectivity index (χ0n) is 15.8. The average molecular weight is 387 g/mol. The third-order valence-electron chi connectivity index (χ3n) is 4.67. The van der Waals surface area contributed by atoms with Gasteiger partial charge in [-0.3, -0.25) is 34.0 Å². The van der Waals surface area contributed by atoms with Gasteiger partial charge in [-0.1, -0.05) is 13.8 Å². The van der Waals surface area contributed by atoms with Crippen LogP contribution in [0.15, 0.2) is 15.7 Å². The molecule has 3 rings (SSSR count). The first-order valence-electron chi connectivity index (χ1n) is 9.05. The maximum Gasteiger partial charge on any atom is 0.329 e. The summed E-state index contributed by atoms with van der Waals surface area (Å²) in [6.45, 7) is 5.73. The van der Waals surface area contributed by atoms with Crippen LogP contribution in [0.25, 0.3) is 11.0 Å². The summed E-state index contributed by atoms with van der Waals surface area (Å²) in [4.78, 5) is 67.4. The Morgan fingerprint density at radius 3 is 2.64 bits per heavy atom. The van der Waals surface area contributed by atoms with Crippen LogP contribution in [0, 0.1) is 0 Å². The minimum atomic E-state index is -0.882. The van der Waals surface area contributed by atoms with Crippen LogP contribution in [0.4, 0.5) is 0 Å². The molecule has 3 amide bonds. The number of carbonyl (C=O) groups is 3. The second-order valence-corrected chi connectivity index (χ2v) is 6.93. The van der Waals surface area contributed by atoms with Gasteiger partial charge >= 0.3 is 5.69 Å². The Balaban J connectivity index is 2.15. The summed E-state index contributed by atoms with van der Waals surface area (Å²) in [5.74, 6) is -1.69. The van der Waals surface area contributed by atoms with E-state index in [1.54, 1.807) is 6.92 Å². The number of pyridine rings is 1. The number of aryl methyl sites for hydroxylation is 1. The highest BCUT2D eigenvalue weighted by Gasteiger charge is 2.29. The van der Waals surface area contributed by atoms with Crippen LogP contribution in [0.2, 0.25) is 0 Å². The van der Waals surface area contributed by atoms with Gasteiger partial charge in [-0.15, -0.1) is 0 Å². The molecule has 28 heavy (non-hydrogen) atoms. The Kier molecular flexibility index (Phi) is 5.12. The zero-order valence-corrected chi connectivity index (χ0v) is 15.8. The first-order chi connectivity index (χ1) is 13.2. The van der Waals surface area contributed by atoms with E-state index >= 15 is 0 Å². The summed E-state index contributed by atoms with van der Waals surface area (Å²) >= 11 is 0. The molecule has 1 aliphatic rings. The van der Waals surface area contributed by atoms with E-state index in [2.05, 4.69) is 20.6 Å². The SMILES string of the molecule is CCn1c(=O)[nH]c(=O)c2c(C(=O)NC3CCC(=O)NC3=O)cc(C(C)C)nc21. The fourth-order valence-electron chi connectivity index (χ4n) is 3.13. The molecule has 0 aromatic carbocycles. The van der Waals surface area contributed by atoms with Crippen LogP contribution in [-0.4, -0.2) is 38.3 Å². The highest BCUT2D eigenvalue weighted by atomic mass is 16.2. The van der Waals surface area contributed by atoms with E-state index < -0.39 is 35.0 Å². The number of amides is 3. The number of piperidine rings is 1. The van der Waals surface area contributed by atoms with Crippen molar-refractivity contribution in [1.29, 1.82) is 0 Å². The molecule has 0 spiro atoms. The standard InChI is InChI=1S/C18H21N5O5/c1-4-23-14-13(17(27)22-18(23)28)9(7-11(19-14)8(2)3)15(25)20-10-5-6-12(24)21-16(10)26/h7-8,10H,4-6H2,1-3H3,(H,20,25)(H,21,24,26)(H,22,27,28). The Bertz CT molecular complexity index is 1100. The van der Waals surface area contributed by atoms with E-state index in [1.165, 1.54) is 10.6 Å². The molecule has 1 saturated heterocycles. The van der Waals surface area contributed by atoms with Crippen LogP contribution in [0.3, 0.4) is 0 Å². The summed E-state index contributed by atoms with van der Waals surface area (Å²) < 4.78 is 1.28. The Morgan fingerprint density at radius 1 is 1.32 bits per heavy atom. The van der Waals surface area contributed by atoms with Crippen molar-refractivity contribution in [2.75, 3.05) is 0 Å². The lowest BCUT2D eigenvalue weighted by Gasteiger charge is -2.22. The third-order valence-corrected chi connectivity index (χ3v) is 4.67. The highest BCUT2D eigenvalue weighted by molar-refractivity contribution is 6.08. The van der Waals surface area contributed by atoms with Crippen LogP contribution in [0.5, 0.6) is 0 Å². The van der Waals surface area contributed by atoms with Gasteiger partial charge in [-0.05, 0) is 25.3 Å². The molecule has 1 unspecified atom stereocenters. The van der Waals surface area contributed by atoms with Gasteiger partial charge in [-0.2, -0.15) is 0 Å². The first-order valence-corrected chi connectivity index (χ1v) is 9.05. The molecule has 0 bridgehead atoms. The van der Waals surface area contributed by atoms with Gasteiger partial charge in [-0.25, -0.2) is 9.78 Å². The number of aromatic nitrogens is 3. The van der Waals surface area contributed by atoms with E-state index in [0.717, 1.165) is 0 Å². The number of aromatic amines is 1. The van der Waals surface area contributed by atoms with Crippen LogP contribution in [-0.2, 0) is 16.1 Å². The number of H-pyrrole nitrogens is 1. The van der Waals surface area contributed by atoms with E-state index in [9.17, 15) is 24.0 Å². The first kappa shape index (κ1) is 19.5. The maximum absolute atomic E-state index is 12.9. The molecule has 1 atom stereocenters. The fourth-order valence-corrected chi connectivity index (χ4v) is 3.13. The number of carbonyl (C=O) groups excluding carboxylic acids is 3. The molecule has 0 saturated carbocycles. The zero-order chi connectivity index (χ0) is 20.6. The van der Waals surface area contributed by atoms with Crippen LogP contribution in [0.1, 0.15) is 55.6 Å². The normalized spacial score (nSPS) is 17.1. The Labute approximate surface area is 159 Å². The summed E-state index contributed by atoms with van der Waals surface area (Å²) in [6, 6.07) is 0.612. The molecule has 1 aliphatic heterocycles. The Hall–Kier alpha value is -3.30. The molecule has 1 fully saturated rings. The van der Waals surface area contributed by atoms with E-state index in [4.69, 9.17) is 0 Å². The van der Waals surface area contributed by atoms with Gasteiger partial charge in [0.25, 0.3) is 11.5 Å².